The van der Waals surface area contributed by atoms with Crippen molar-refractivity contribution >= 4 is 27.3 Å². The first-order valence-corrected chi connectivity index (χ1v) is 10.8. The van der Waals surface area contributed by atoms with Gasteiger partial charge in [0.15, 0.2) is 15.5 Å². The second-order valence-corrected chi connectivity index (χ2v) is 9.21. The zero-order valence-electron chi connectivity index (χ0n) is 16.2. The van der Waals surface area contributed by atoms with Gasteiger partial charge < -0.3 is 15.3 Å². The van der Waals surface area contributed by atoms with E-state index in [-0.39, 0.29) is 22.5 Å². The Bertz CT molecular complexity index is 997. The number of nitrogens with zero attached hydrogens (tertiary/aromatic N) is 2. The first-order valence-electron chi connectivity index (χ1n) is 9.24. The van der Waals surface area contributed by atoms with Gasteiger partial charge in [-0.1, -0.05) is 23.4 Å². The van der Waals surface area contributed by atoms with Gasteiger partial charge in [-0.15, -0.1) is 0 Å². The van der Waals surface area contributed by atoms with Crippen LogP contribution in [0.15, 0.2) is 52.6 Å². The molecule has 29 heavy (non-hydrogen) atoms. The van der Waals surface area contributed by atoms with E-state index in [0.29, 0.717) is 24.2 Å². The van der Waals surface area contributed by atoms with Crippen molar-refractivity contribution in [1.82, 2.24) is 4.98 Å². The number of amides is 1. The molecule has 1 aliphatic carbocycles. The number of aryl methyl sites for hydroxylation is 1. The van der Waals surface area contributed by atoms with Gasteiger partial charge in [-0.2, -0.15) is 0 Å². The summed E-state index contributed by atoms with van der Waals surface area (Å²) < 4.78 is 24.7. The van der Waals surface area contributed by atoms with Crippen LogP contribution in [0.4, 0.5) is 5.82 Å². The number of aromatic nitrogens is 1. The fourth-order valence-corrected chi connectivity index (χ4v) is 4.15. The summed E-state index contributed by atoms with van der Waals surface area (Å²) in [6, 6.07) is 9.43. The lowest BCUT2D eigenvalue weighted by Gasteiger charge is -2.11. The minimum atomic E-state index is -3.33. The molecule has 1 saturated carbocycles. The first kappa shape index (κ1) is 20.9. The Morgan fingerprint density at radius 3 is 2.52 bits per heavy atom. The Morgan fingerprint density at radius 1 is 1.28 bits per heavy atom. The molecular formula is C20H23N3O5S. The van der Waals surface area contributed by atoms with Crippen molar-refractivity contribution in [2.75, 3.05) is 11.9 Å². The molecule has 0 unspecified atom stereocenters. The normalized spacial score (nSPS) is 15.6. The summed E-state index contributed by atoms with van der Waals surface area (Å²) in [6.45, 7) is 3.22. The van der Waals surface area contributed by atoms with Gasteiger partial charge in [0, 0.05) is 11.8 Å². The van der Waals surface area contributed by atoms with Crippen molar-refractivity contribution in [3.05, 3.63) is 53.7 Å². The molecule has 2 N–H and O–H groups in total. The van der Waals surface area contributed by atoms with Crippen LogP contribution in [-0.4, -0.2) is 48.1 Å². The summed E-state index contributed by atoms with van der Waals surface area (Å²) in [5.41, 5.74) is 1.28. The lowest BCUT2D eigenvalue weighted by atomic mass is 10.1. The van der Waals surface area contributed by atoms with Crippen LogP contribution in [0, 0.1) is 6.92 Å². The predicted octanol–water partition coefficient (Wildman–Crippen LogP) is 2.07. The molecule has 1 atom stereocenters. The maximum atomic E-state index is 12.8. The molecule has 0 aliphatic heterocycles. The van der Waals surface area contributed by atoms with E-state index in [4.69, 9.17) is 9.94 Å². The van der Waals surface area contributed by atoms with Crippen LogP contribution in [0.5, 0.6) is 0 Å². The van der Waals surface area contributed by atoms with Crippen molar-refractivity contribution in [3.63, 3.8) is 0 Å². The molecule has 154 valence electrons. The maximum absolute atomic E-state index is 12.8. The van der Waals surface area contributed by atoms with Gasteiger partial charge in [0.05, 0.1) is 16.8 Å². The SMILES string of the molecule is Cc1ccc(NC(=O)C(=NO[C@H](C)CO)c2ccc(S(=O)(=O)C3CC3)cc2)nc1. The van der Waals surface area contributed by atoms with Crippen LogP contribution in [0.2, 0.25) is 0 Å². The van der Waals surface area contributed by atoms with Gasteiger partial charge in [0.1, 0.15) is 11.9 Å². The number of carbonyl (C=O) groups excluding carboxylic acids is 1. The van der Waals surface area contributed by atoms with Crippen molar-refractivity contribution in [3.8, 4) is 0 Å². The summed E-state index contributed by atoms with van der Waals surface area (Å²) in [5.74, 6) is -0.222. The van der Waals surface area contributed by atoms with E-state index in [1.54, 1.807) is 25.3 Å². The third kappa shape index (κ3) is 5.18. The molecule has 0 radical (unpaired) electrons. The highest BCUT2D eigenvalue weighted by molar-refractivity contribution is 7.92. The first-order chi connectivity index (χ1) is 13.8. The summed E-state index contributed by atoms with van der Waals surface area (Å²) in [4.78, 5) is 22.3. The van der Waals surface area contributed by atoms with Crippen molar-refractivity contribution in [1.29, 1.82) is 0 Å². The molecule has 9 heteroatoms. The third-order valence-corrected chi connectivity index (χ3v) is 6.65. The van der Waals surface area contributed by atoms with Crippen LogP contribution in [0.3, 0.4) is 0 Å². The zero-order chi connectivity index (χ0) is 21.0. The van der Waals surface area contributed by atoms with Gasteiger partial charge >= 0.3 is 0 Å². The van der Waals surface area contributed by atoms with E-state index < -0.39 is 21.8 Å². The van der Waals surface area contributed by atoms with Gasteiger partial charge in [-0.05, 0) is 50.5 Å². The van der Waals surface area contributed by atoms with Gasteiger partial charge in [-0.3, -0.25) is 4.79 Å². The largest absolute Gasteiger partial charge is 0.392 e. The average Bonchev–Trinajstić information content (AvgIpc) is 3.56. The summed E-state index contributed by atoms with van der Waals surface area (Å²) in [6.07, 6.45) is 2.37. The van der Waals surface area contributed by atoms with Crippen molar-refractivity contribution in [2.24, 2.45) is 5.16 Å². The minimum absolute atomic E-state index is 0.0527. The second-order valence-electron chi connectivity index (χ2n) is 6.98. The Balaban J connectivity index is 1.86. The number of hydrogen-bond donors (Lipinski definition) is 2. The Hall–Kier alpha value is -2.78. The Morgan fingerprint density at radius 2 is 1.97 bits per heavy atom. The highest BCUT2D eigenvalue weighted by Crippen LogP contribution is 2.33. The predicted molar refractivity (Wildman–Crippen MR) is 108 cm³/mol. The summed E-state index contributed by atoms with van der Waals surface area (Å²) in [7, 11) is -3.33. The molecule has 1 aliphatic rings. The number of pyridine rings is 1. The highest BCUT2D eigenvalue weighted by Gasteiger charge is 2.36. The molecular weight excluding hydrogens is 394 g/mol. The number of aliphatic hydroxyl groups is 1. The lowest BCUT2D eigenvalue weighted by Crippen LogP contribution is -2.25. The Labute approximate surface area is 169 Å². The molecule has 8 nitrogen and oxygen atoms in total. The number of oxime groups is 1. The number of carbonyl (C=O) groups is 1. The number of hydrogen-bond acceptors (Lipinski definition) is 7. The molecule has 2 aromatic rings. The minimum Gasteiger partial charge on any atom is -0.392 e. The summed E-state index contributed by atoms with van der Waals surface area (Å²) >= 11 is 0. The molecule has 0 saturated heterocycles. The standard InChI is InChI=1S/C20H23N3O5S/c1-13-3-10-18(21-11-13)22-20(25)19(23-28-14(2)12-24)15-4-6-16(7-5-15)29(26,27)17-8-9-17/h3-7,10-11,14,17,24H,8-9,12H2,1-2H3,(H,21,22,25)/t14-/m1/s1. The third-order valence-electron chi connectivity index (χ3n) is 4.37. The van der Waals surface area contributed by atoms with Gasteiger partial charge in [-0.25, -0.2) is 13.4 Å². The van der Waals surface area contributed by atoms with Crippen LogP contribution >= 0.6 is 0 Å². The molecule has 0 bridgehead atoms. The van der Waals surface area contributed by atoms with E-state index in [2.05, 4.69) is 15.5 Å². The number of aliphatic hydroxyl groups excluding tert-OH is 1. The molecule has 1 heterocycles. The molecule has 1 aromatic heterocycles. The number of sulfone groups is 1. The zero-order valence-corrected chi connectivity index (χ0v) is 17.0. The monoisotopic (exact) mass is 417 g/mol. The molecule has 0 spiro atoms. The molecule has 1 aromatic carbocycles. The van der Waals surface area contributed by atoms with E-state index in [9.17, 15) is 13.2 Å². The van der Waals surface area contributed by atoms with Crippen molar-refractivity contribution in [2.45, 2.75) is 42.9 Å². The van der Waals surface area contributed by atoms with E-state index >= 15 is 0 Å². The Kier molecular flexibility index (Phi) is 6.29. The van der Waals surface area contributed by atoms with Gasteiger partial charge in [0.25, 0.3) is 5.91 Å². The quantitative estimate of drug-likeness (QED) is 0.501. The topological polar surface area (TPSA) is 118 Å². The molecule has 3 rings (SSSR count). The highest BCUT2D eigenvalue weighted by atomic mass is 32.2. The van der Waals surface area contributed by atoms with Gasteiger partial charge in [0.2, 0.25) is 0 Å². The second kappa shape index (κ2) is 8.71. The van der Waals surface area contributed by atoms with Crippen LogP contribution in [-0.2, 0) is 19.5 Å². The smallest absolute Gasteiger partial charge is 0.279 e. The van der Waals surface area contributed by atoms with E-state index in [0.717, 1.165) is 5.56 Å². The van der Waals surface area contributed by atoms with Crippen molar-refractivity contribution < 1.29 is 23.2 Å². The lowest BCUT2D eigenvalue weighted by molar-refractivity contribution is -0.110. The number of nitrogens with one attached hydrogen (secondary N) is 1. The average molecular weight is 417 g/mol. The van der Waals surface area contributed by atoms with E-state index in [1.807, 2.05) is 6.92 Å². The molecule has 1 amide bonds. The number of benzene rings is 1. The van der Waals surface area contributed by atoms with Crippen LogP contribution in [0.1, 0.15) is 30.9 Å². The fraction of sp³-hybridized carbons (Fsp3) is 0.350. The summed E-state index contributed by atoms with van der Waals surface area (Å²) in [5, 5.41) is 15.3. The number of anilines is 1. The van der Waals surface area contributed by atoms with E-state index in [1.165, 1.54) is 24.3 Å². The molecule has 1 fully saturated rings. The van der Waals surface area contributed by atoms with Crippen LogP contribution in [0.25, 0.3) is 0 Å². The number of rotatable bonds is 8. The van der Waals surface area contributed by atoms with Crippen LogP contribution < -0.4 is 5.32 Å². The fourth-order valence-electron chi connectivity index (χ4n) is 2.49. The maximum Gasteiger partial charge on any atom is 0.279 e.